The van der Waals surface area contributed by atoms with Gasteiger partial charge < -0.3 is 14.8 Å². The van der Waals surface area contributed by atoms with E-state index in [0.29, 0.717) is 42.4 Å². The number of aromatic nitrogens is 3. The van der Waals surface area contributed by atoms with E-state index in [1.165, 1.54) is 40.8 Å². The van der Waals surface area contributed by atoms with Crippen LogP contribution in [0.2, 0.25) is 0 Å². The van der Waals surface area contributed by atoms with Crippen molar-refractivity contribution in [2.45, 2.75) is 13.3 Å². The number of hydrazine groups is 1. The molecule has 1 fully saturated rings. The van der Waals surface area contributed by atoms with E-state index in [9.17, 15) is 14.4 Å². The summed E-state index contributed by atoms with van der Waals surface area (Å²) in [5.74, 6) is 0.263. The number of thioether (sulfide) groups is 1. The maximum atomic E-state index is 13.2. The Morgan fingerprint density at radius 2 is 1.73 bits per heavy atom. The molecule has 0 atom stereocenters. The van der Waals surface area contributed by atoms with Gasteiger partial charge in [-0.15, -0.1) is 16.9 Å². The standard InChI is InChI=1S/C25H28N6O5S/c1-17-24(28-31(27-17)18-8-5-4-6-9-18)25(34)30-13-7-12-29(30)23(33)16-37-15-22(32)26-20-14-19(35-2)10-11-21(20)36-3/h4-6,8-11,14H,7,12-13,15-16H2,1-3H3,(H,26,32). The Hall–Kier alpha value is -4.06. The number of amides is 3. The monoisotopic (exact) mass is 524 g/mol. The highest BCUT2D eigenvalue weighted by Crippen LogP contribution is 2.29. The van der Waals surface area contributed by atoms with Crippen LogP contribution in [0.25, 0.3) is 5.69 Å². The molecule has 194 valence electrons. The summed E-state index contributed by atoms with van der Waals surface area (Å²) in [6.45, 7) is 2.54. The summed E-state index contributed by atoms with van der Waals surface area (Å²) in [5, 5.41) is 14.3. The van der Waals surface area contributed by atoms with Gasteiger partial charge in [-0.1, -0.05) is 18.2 Å². The molecule has 3 amide bonds. The number of nitrogens with one attached hydrogen (secondary N) is 1. The van der Waals surface area contributed by atoms with Crippen molar-refractivity contribution < 1.29 is 23.9 Å². The lowest BCUT2D eigenvalue weighted by Gasteiger charge is -2.27. The predicted octanol–water partition coefficient (Wildman–Crippen LogP) is 2.55. The number of anilines is 1. The summed E-state index contributed by atoms with van der Waals surface area (Å²) >= 11 is 1.17. The highest BCUT2D eigenvalue weighted by molar-refractivity contribution is 8.00. The number of para-hydroxylation sites is 1. The topological polar surface area (TPSA) is 119 Å². The number of nitrogens with zero attached hydrogens (tertiary/aromatic N) is 5. The molecular weight excluding hydrogens is 496 g/mol. The maximum Gasteiger partial charge on any atom is 0.294 e. The second kappa shape index (κ2) is 11.8. The molecule has 2 heterocycles. The van der Waals surface area contributed by atoms with Crippen molar-refractivity contribution >= 4 is 35.2 Å². The average Bonchev–Trinajstić information content (AvgIpc) is 3.56. The molecule has 1 N–H and O–H groups in total. The Morgan fingerprint density at radius 1 is 0.973 bits per heavy atom. The zero-order valence-electron chi connectivity index (χ0n) is 20.8. The van der Waals surface area contributed by atoms with E-state index in [1.54, 1.807) is 25.1 Å². The third-order valence-corrected chi connectivity index (χ3v) is 6.58. The fraction of sp³-hybridized carbons (Fsp3) is 0.320. The van der Waals surface area contributed by atoms with Gasteiger partial charge in [0.05, 0.1) is 42.8 Å². The van der Waals surface area contributed by atoms with Crippen LogP contribution in [0.5, 0.6) is 11.5 Å². The number of carbonyl (C=O) groups excluding carboxylic acids is 3. The van der Waals surface area contributed by atoms with Crippen LogP contribution >= 0.6 is 11.8 Å². The van der Waals surface area contributed by atoms with Crippen LogP contribution in [-0.2, 0) is 9.59 Å². The highest BCUT2D eigenvalue weighted by atomic mass is 32.2. The van der Waals surface area contributed by atoms with Crippen molar-refractivity contribution in [2.24, 2.45) is 0 Å². The Balaban J connectivity index is 1.34. The van der Waals surface area contributed by atoms with Crippen LogP contribution in [-0.4, -0.2) is 81.5 Å². The first-order valence-corrected chi connectivity index (χ1v) is 12.8. The van der Waals surface area contributed by atoms with Crippen molar-refractivity contribution in [3.05, 3.63) is 59.9 Å². The number of benzene rings is 2. The van der Waals surface area contributed by atoms with Gasteiger partial charge in [0.15, 0.2) is 5.69 Å². The van der Waals surface area contributed by atoms with Crippen molar-refractivity contribution in [1.82, 2.24) is 25.0 Å². The van der Waals surface area contributed by atoms with Crippen LogP contribution in [0.15, 0.2) is 48.5 Å². The molecule has 0 aliphatic carbocycles. The van der Waals surface area contributed by atoms with E-state index in [1.807, 2.05) is 30.3 Å². The molecule has 37 heavy (non-hydrogen) atoms. The minimum absolute atomic E-state index is 0.0438. The van der Waals surface area contributed by atoms with Crippen molar-refractivity contribution in [1.29, 1.82) is 0 Å². The molecule has 11 nitrogen and oxygen atoms in total. The summed E-state index contributed by atoms with van der Waals surface area (Å²) in [5.41, 5.74) is 1.89. The smallest absolute Gasteiger partial charge is 0.294 e. The van der Waals surface area contributed by atoms with Gasteiger partial charge in [0, 0.05) is 19.2 Å². The van der Waals surface area contributed by atoms with Crippen LogP contribution in [0.1, 0.15) is 22.6 Å². The molecule has 12 heteroatoms. The van der Waals surface area contributed by atoms with Gasteiger partial charge in [-0.2, -0.15) is 9.90 Å². The predicted molar refractivity (Wildman–Crippen MR) is 139 cm³/mol. The molecule has 2 aromatic carbocycles. The minimum atomic E-state index is -0.376. The van der Waals surface area contributed by atoms with E-state index in [2.05, 4.69) is 15.5 Å². The van der Waals surface area contributed by atoms with Crippen LogP contribution in [0, 0.1) is 6.92 Å². The number of ether oxygens (including phenoxy) is 2. The lowest BCUT2D eigenvalue weighted by atomic mass is 10.2. The van der Waals surface area contributed by atoms with E-state index < -0.39 is 0 Å². The fourth-order valence-corrected chi connectivity index (χ4v) is 4.54. The van der Waals surface area contributed by atoms with Gasteiger partial charge in [-0.3, -0.25) is 19.4 Å². The molecule has 1 aromatic heterocycles. The minimum Gasteiger partial charge on any atom is -0.497 e. The van der Waals surface area contributed by atoms with E-state index in [0.717, 1.165) is 5.69 Å². The zero-order chi connectivity index (χ0) is 26.4. The van der Waals surface area contributed by atoms with Crippen molar-refractivity contribution in [2.75, 3.05) is 44.1 Å². The van der Waals surface area contributed by atoms with Crippen molar-refractivity contribution in [3.8, 4) is 17.2 Å². The lowest BCUT2D eigenvalue weighted by Crippen LogP contribution is -2.46. The van der Waals surface area contributed by atoms with Gasteiger partial charge in [-0.25, -0.2) is 5.01 Å². The van der Waals surface area contributed by atoms with E-state index >= 15 is 0 Å². The SMILES string of the molecule is COc1ccc(OC)c(NC(=O)CSCC(=O)N2CCCN2C(=O)c2nn(-c3ccccc3)nc2C)c1. The van der Waals surface area contributed by atoms with Gasteiger partial charge in [0.25, 0.3) is 11.8 Å². The molecule has 4 rings (SSSR count). The van der Waals surface area contributed by atoms with Crippen molar-refractivity contribution in [3.63, 3.8) is 0 Å². The molecule has 3 aromatic rings. The summed E-state index contributed by atoms with van der Waals surface area (Å²) in [6.07, 6.45) is 0.657. The normalized spacial score (nSPS) is 12.9. The second-order valence-electron chi connectivity index (χ2n) is 8.16. The Morgan fingerprint density at radius 3 is 2.46 bits per heavy atom. The largest absolute Gasteiger partial charge is 0.497 e. The first kappa shape index (κ1) is 26.0. The first-order chi connectivity index (χ1) is 17.9. The van der Waals surface area contributed by atoms with Crippen LogP contribution in [0.3, 0.4) is 0 Å². The highest BCUT2D eigenvalue weighted by Gasteiger charge is 2.33. The molecule has 0 saturated carbocycles. The maximum absolute atomic E-state index is 13.2. The first-order valence-electron chi connectivity index (χ1n) is 11.6. The van der Waals surface area contributed by atoms with Crippen LogP contribution in [0.4, 0.5) is 5.69 Å². The van der Waals surface area contributed by atoms with Gasteiger partial charge in [-0.05, 0) is 37.6 Å². The third kappa shape index (κ3) is 6.02. The third-order valence-electron chi connectivity index (χ3n) is 5.66. The number of methoxy groups -OCH3 is 2. The summed E-state index contributed by atoms with van der Waals surface area (Å²) < 4.78 is 10.5. The molecule has 0 radical (unpaired) electrons. The Labute approximate surface area is 218 Å². The molecule has 1 aliphatic rings. The zero-order valence-corrected chi connectivity index (χ0v) is 21.7. The molecular formula is C25H28N6O5S. The number of hydrogen-bond acceptors (Lipinski definition) is 8. The summed E-state index contributed by atoms with van der Waals surface area (Å²) in [6, 6.07) is 14.4. The molecule has 0 unspecified atom stereocenters. The van der Waals surface area contributed by atoms with Gasteiger partial charge >= 0.3 is 0 Å². The summed E-state index contributed by atoms with van der Waals surface area (Å²) in [7, 11) is 3.05. The number of rotatable bonds is 9. The van der Waals surface area contributed by atoms with Crippen LogP contribution < -0.4 is 14.8 Å². The average molecular weight is 525 g/mol. The van der Waals surface area contributed by atoms with E-state index in [4.69, 9.17) is 9.47 Å². The number of carbonyl (C=O) groups is 3. The number of hydrogen-bond donors (Lipinski definition) is 1. The molecule has 1 saturated heterocycles. The Kier molecular flexibility index (Phi) is 8.29. The van der Waals surface area contributed by atoms with Gasteiger partial charge in [0.2, 0.25) is 5.91 Å². The molecule has 0 bridgehead atoms. The quantitative estimate of drug-likeness (QED) is 0.454. The second-order valence-corrected chi connectivity index (χ2v) is 9.15. The summed E-state index contributed by atoms with van der Waals surface area (Å²) in [4.78, 5) is 40.1. The van der Waals surface area contributed by atoms with E-state index in [-0.39, 0.29) is 34.9 Å². The fourth-order valence-electron chi connectivity index (χ4n) is 3.86. The Bertz CT molecular complexity index is 1280. The van der Waals surface area contributed by atoms with Gasteiger partial charge in [0.1, 0.15) is 11.5 Å². The lowest BCUT2D eigenvalue weighted by molar-refractivity contribution is -0.137. The molecule has 1 aliphatic heterocycles. The number of aryl methyl sites for hydroxylation is 1. The molecule has 0 spiro atoms.